The Bertz CT molecular complexity index is 1200. The van der Waals surface area contributed by atoms with Gasteiger partial charge in [-0.15, -0.1) is 23.2 Å². The molecule has 7 nitrogen and oxygen atoms in total. The van der Waals surface area contributed by atoms with Crippen molar-refractivity contribution in [1.29, 1.82) is 0 Å². The minimum Gasteiger partial charge on any atom is -0.463 e. The minimum atomic E-state index is -0.181. The van der Waals surface area contributed by atoms with Crippen LogP contribution in [0.3, 0.4) is 0 Å². The first kappa shape index (κ1) is 45.8. The van der Waals surface area contributed by atoms with E-state index in [0.717, 1.165) is 67.9 Å². The lowest BCUT2D eigenvalue weighted by molar-refractivity contribution is -0.206. The van der Waals surface area contributed by atoms with Crippen LogP contribution >= 0.6 is 23.2 Å². The number of ether oxygens (including phenoxy) is 3. The van der Waals surface area contributed by atoms with Crippen LogP contribution in [0.4, 0.5) is 5.69 Å². The van der Waals surface area contributed by atoms with E-state index in [9.17, 15) is 4.79 Å². The molecule has 3 rings (SSSR count). The zero-order chi connectivity index (χ0) is 37.8. The summed E-state index contributed by atoms with van der Waals surface area (Å²) in [6.07, 6.45) is 32.1. The van der Waals surface area contributed by atoms with E-state index < -0.39 is 0 Å². The SMILES string of the molecule is CCCCCCCCCCCCCCCCCCCCCCOC1CCCC(COC(=O)CCCc2nc3cc(N(CCCl)CCCl)ccc3n2C)O1. The normalized spacial score (nSPS) is 16.1. The predicted molar refractivity (Wildman–Crippen MR) is 225 cm³/mol. The number of imidazole rings is 1. The van der Waals surface area contributed by atoms with Gasteiger partial charge in [0.05, 0.1) is 17.1 Å². The highest BCUT2D eigenvalue weighted by molar-refractivity contribution is 6.18. The fourth-order valence-corrected chi connectivity index (χ4v) is 7.97. The Balaban J connectivity index is 1.13. The molecule has 2 heterocycles. The van der Waals surface area contributed by atoms with Gasteiger partial charge in [0.25, 0.3) is 0 Å². The summed E-state index contributed by atoms with van der Waals surface area (Å²) in [6.45, 7) is 4.82. The molecule has 9 heteroatoms. The maximum Gasteiger partial charge on any atom is 0.305 e. The number of hydrogen-bond acceptors (Lipinski definition) is 6. The van der Waals surface area contributed by atoms with E-state index in [1.807, 2.05) is 7.05 Å². The highest BCUT2D eigenvalue weighted by atomic mass is 35.5. The van der Waals surface area contributed by atoms with Crippen molar-refractivity contribution in [3.8, 4) is 0 Å². The molecule has 0 N–H and O–H groups in total. The number of aryl methyl sites for hydroxylation is 2. The molecule has 0 amide bonds. The lowest BCUT2D eigenvalue weighted by Crippen LogP contribution is -2.33. The van der Waals surface area contributed by atoms with Crippen molar-refractivity contribution in [3.63, 3.8) is 0 Å². The molecule has 53 heavy (non-hydrogen) atoms. The van der Waals surface area contributed by atoms with Gasteiger partial charge in [-0.3, -0.25) is 4.79 Å². The van der Waals surface area contributed by atoms with Gasteiger partial charge in [-0.05, 0) is 50.3 Å². The molecular weight excluding hydrogens is 705 g/mol. The summed E-state index contributed by atoms with van der Waals surface area (Å²) < 4.78 is 19.9. The second-order valence-electron chi connectivity index (χ2n) is 15.4. The lowest BCUT2D eigenvalue weighted by atomic mass is 10.0. The molecule has 0 bridgehead atoms. The van der Waals surface area contributed by atoms with Crippen LogP contribution in [0.2, 0.25) is 0 Å². The van der Waals surface area contributed by atoms with Crippen LogP contribution in [0.25, 0.3) is 11.0 Å². The number of benzene rings is 1. The van der Waals surface area contributed by atoms with E-state index in [0.29, 0.717) is 37.6 Å². The van der Waals surface area contributed by atoms with E-state index >= 15 is 0 Å². The van der Waals surface area contributed by atoms with Crippen LogP contribution in [0.15, 0.2) is 18.2 Å². The molecule has 1 saturated heterocycles. The van der Waals surface area contributed by atoms with E-state index in [-0.39, 0.29) is 18.4 Å². The zero-order valence-electron chi connectivity index (χ0n) is 33.7. The Morgan fingerprint density at radius 1 is 0.811 bits per heavy atom. The number of aromatic nitrogens is 2. The van der Waals surface area contributed by atoms with Crippen molar-refractivity contribution in [2.75, 3.05) is 43.0 Å². The van der Waals surface area contributed by atoms with Crippen molar-refractivity contribution in [2.24, 2.45) is 7.05 Å². The fourth-order valence-electron chi connectivity index (χ4n) is 7.56. The highest BCUT2D eigenvalue weighted by Gasteiger charge is 2.24. The third-order valence-corrected chi connectivity index (χ3v) is 11.2. The van der Waals surface area contributed by atoms with Crippen molar-refractivity contribution in [2.45, 2.75) is 186 Å². The van der Waals surface area contributed by atoms with Gasteiger partial charge in [0.15, 0.2) is 6.29 Å². The number of rotatable bonds is 33. The van der Waals surface area contributed by atoms with Crippen LogP contribution in [0.5, 0.6) is 0 Å². The minimum absolute atomic E-state index is 0.0844. The van der Waals surface area contributed by atoms with Gasteiger partial charge in [0, 0.05) is 57.0 Å². The topological polar surface area (TPSA) is 65.8 Å². The number of fused-ring (bicyclic) bond motifs is 1. The molecule has 2 aromatic rings. The molecule has 0 saturated carbocycles. The molecule has 2 atom stereocenters. The maximum absolute atomic E-state index is 12.6. The molecular formula is C44H75Cl2N3O4. The first-order chi connectivity index (χ1) is 26.0. The first-order valence-electron chi connectivity index (χ1n) is 21.8. The van der Waals surface area contributed by atoms with Gasteiger partial charge in [-0.1, -0.05) is 129 Å². The van der Waals surface area contributed by atoms with Crippen LogP contribution in [0.1, 0.15) is 173 Å². The second kappa shape index (κ2) is 29.7. The number of unbranched alkanes of at least 4 members (excludes halogenated alkanes) is 19. The van der Waals surface area contributed by atoms with E-state index in [1.54, 1.807) is 0 Å². The fraction of sp³-hybridized carbons (Fsp3) is 0.818. The molecule has 2 unspecified atom stereocenters. The summed E-state index contributed by atoms with van der Waals surface area (Å²) in [5.41, 5.74) is 3.08. The first-order valence-corrected chi connectivity index (χ1v) is 22.9. The Hall–Kier alpha value is -1.54. The average Bonchev–Trinajstić information content (AvgIpc) is 3.48. The van der Waals surface area contributed by atoms with Crippen LogP contribution in [0, 0.1) is 0 Å². The third-order valence-electron chi connectivity index (χ3n) is 10.9. The lowest BCUT2D eigenvalue weighted by Gasteiger charge is -2.29. The number of nitrogens with zero attached hydrogens (tertiary/aromatic N) is 3. The van der Waals surface area contributed by atoms with Gasteiger partial charge in [0.2, 0.25) is 0 Å². The quantitative estimate of drug-likeness (QED) is 0.0408. The zero-order valence-corrected chi connectivity index (χ0v) is 35.3. The van der Waals surface area contributed by atoms with Crippen molar-refractivity contribution in [1.82, 2.24) is 9.55 Å². The molecule has 1 aromatic carbocycles. The summed E-state index contributed by atoms with van der Waals surface area (Å²) in [5.74, 6) is 1.86. The number of hydrogen-bond donors (Lipinski definition) is 0. The van der Waals surface area contributed by atoms with Crippen molar-refractivity contribution < 1.29 is 19.0 Å². The Morgan fingerprint density at radius 2 is 1.38 bits per heavy atom. The summed E-state index contributed by atoms with van der Waals surface area (Å²) in [6, 6.07) is 6.28. The number of anilines is 1. The van der Waals surface area contributed by atoms with E-state index in [4.69, 9.17) is 42.4 Å². The molecule has 1 aliphatic heterocycles. The molecule has 1 aliphatic rings. The molecule has 0 aliphatic carbocycles. The van der Waals surface area contributed by atoms with Gasteiger partial charge in [0.1, 0.15) is 12.4 Å². The number of carbonyl (C=O) groups is 1. The van der Waals surface area contributed by atoms with E-state index in [1.165, 1.54) is 122 Å². The Morgan fingerprint density at radius 3 is 1.94 bits per heavy atom. The maximum atomic E-state index is 12.6. The van der Waals surface area contributed by atoms with Gasteiger partial charge < -0.3 is 23.7 Å². The molecule has 1 aromatic heterocycles. The van der Waals surface area contributed by atoms with Crippen LogP contribution < -0.4 is 4.90 Å². The Labute approximate surface area is 333 Å². The van der Waals surface area contributed by atoms with E-state index in [2.05, 4.69) is 34.6 Å². The number of alkyl halides is 2. The van der Waals surface area contributed by atoms with Crippen LogP contribution in [-0.2, 0) is 32.5 Å². The summed E-state index contributed by atoms with van der Waals surface area (Å²) in [5, 5.41) is 0. The van der Waals surface area contributed by atoms with Gasteiger partial charge in [-0.25, -0.2) is 4.98 Å². The Kier molecular flexibility index (Phi) is 25.7. The number of halogens is 2. The van der Waals surface area contributed by atoms with Crippen LogP contribution in [-0.4, -0.2) is 66.0 Å². The second-order valence-corrected chi connectivity index (χ2v) is 16.1. The van der Waals surface area contributed by atoms with Gasteiger partial charge in [-0.2, -0.15) is 0 Å². The molecule has 304 valence electrons. The summed E-state index contributed by atoms with van der Waals surface area (Å²) in [7, 11) is 2.03. The standard InChI is InChI=1S/C44H75Cl2N3O4/c1-3-4-5-6-7-8-9-10-11-12-13-14-15-16-17-18-19-20-21-22-35-51-44-28-23-25-39(53-44)37-52-43(50)27-24-26-42-47-40-36-38(29-30-41(40)48(42)2)49(33-31-45)34-32-46/h29-30,36,39,44H,3-28,31-35,37H2,1-2H3. The predicted octanol–water partition coefficient (Wildman–Crippen LogP) is 12.5. The molecule has 0 radical (unpaired) electrons. The van der Waals surface area contributed by atoms with Crippen molar-refractivity contribution in [3.05, 3.63) is 24.0 Å². The summed E-state index contributed by atoms with van der Waals surface area (Å²) in [4.78, 5) is 19.6. The molecule has 1 fully saturated rings. The number of esters is 1. The largest absolute Gasteiger partial charge is 0.463 e. The third kappa shape index (κ3) is 19.7. The number of carbonyl (C=O) groups excluding carboxylic acids is 1. The molecule has 0 spiro atoms. The highest BCUT2D eigenvalue weighted by Crippen LogP contribution is 2.24. The smallest absolute Gasteiger partial charge is 0.305 e. The summed E-state index contributed by atoms with van der Waals surface area (Å²) >= 11 is 12.0. The monoisotopic (exact) mass is 780 g/mol. The van der Waals surface area contributed by atoms with Crippen molar-refractivity contribution >= 4 is 45.9 Å². The van der Waals surface area contributed by atoms with Gasteiger partial charge >= 0.3 is 5.97 Å². The average molecular weight is 781 g/mol.